The van der Waals surface area contributed by atoms with Crippen molar-refractivity contribution in [3.63, 3.8) is 0 Å². The molecule has 0 unspecified atom stereocenters. The van der Waals surface area contributed by atoms with Crippen LogP contribution in [0.15, 0.2) is 30.3 Å². The smallest absolute Gasteiger partial charge is 0.279 e. The summed E-state index contributed by atoms with van der Waals surface area (Å²) < 4.78 is 5.15. The number of benzene rings is 1. The maximum atomic E-state index is 11.8. The summed E-state index contributed by atoms with van der Waals surface area (Å²) in [6, 6.07) is 9.30. The second-order valence-electron chi connectivity index (χ2n) is 3.04. The molecule has 0 aromatic heterocycles. The van der Waals surface area contributed by atoms with Crippen LogP contribution >= 0.6 is 0 Å². The van der Waals surface area contributed by atoms with Crippen molar-refractivity contribution in [3.8, 4) is 0 Å². The van der Waals surface area contributed by atoms with E-state index in [2.05, 4.69) is 0 Å². The van der Waals surface area contributed by atoms with E-state index in [1.54, 1.807) is 7.05 Å². The molecule has 0 aliphatic carbocycles. The summed E-state index contributed by atoms with van der Waals surface area (Å²) in [5, 5.41) is 1.15. The molecule has 4 nitrogen and oxygen atoms in total. The highest BCUT2D eigenvalue weighted by Gasteiger charge is 2.23. The Balaban J connectivity index is 2.85. The molecule has 1 amide bonds. The molecular formula is C11H15NO3. The van der Waals surface area contributed by atoms with E-state index < -0.39 is 6.10 Å². The number of likely N-dealkylation sites (N-methyl/N-ethyl adjacent to an activating group) is 1. The highest BCUT2D eigenvalue weighted by molar-refractivity contribution is 5.81. The third-order valence-electron chi connectivity index (χ3n) is 2.15. The van der Waals surface area contributed by atoms with Crippen molar-refractivity contribution < 1.29 is 14.4 Å². The topological polar surface area (TPSA) is 38.8 Å². The Hall–Kier alpha value is -1.39. The minimum absolute atomic E-state index is 0.230. The Bertz CT molecular complexity index is 313. The second kappa shape index (κ2) is 5.48. The predicted molar refractivity (Wildman–Crippen MR) is 56.0 cm³/mol. The summed E-state index contributed by atoms with van der Waals surface area (Å²) in [5.41, 5.74) is 0.814. The maximum Gasteiger partial charge on any atom is 0.279 e. The first-order chi connectivity index (χ1) is 7.20. The summed E-state index contributed by atoms with van der Waals surface area (Å²) in [4.78, 5) is 16.6. The average Bonchev–Trinajstić information content (AvgIpc) is 2.30. The quantitative estimate of drug-likeness (QED) is 0.703. The molecule has 1 aromatic carbocycles. The molecule has 1 aromatic rings. The minimum atomic E-state index is -0.615. The lowest BCUT2D eigenvalue weighted by atomic mass is 10.1. The average molecular weight is 209 g/mol. The fourth-order valence-corrected chi connectivity index (χ4v) is 1.26. The van der Waals surface area contributed by atoms with Gasteiger partial charge in [-0.2, -0.15) is 0 Å². The van der Waals surface area contributed by atoms with Crippen LogP contribution in [0, 0.1) is 0 Å². The number of carbonyl (C=O) groups excluding carboxylic acids is 1. The van der Waals surface area contributed by atoms with Gasteiger partial charge >= 0.3 is 0 Å². The Morgan fingerprint density at radius 1 is 1.27 bits per heavy atom. The van der Waals surface area contributed by atoms with E-state index in [9.17, 15) is 4.79 Å². The van der Waals surface area contributed by atoms with Crippen molar-refractivity contribution in [2.24, 2.45) is 0 Å². The van der Waals surface area contributed by atoms with E-state index in [-0.39, 0.29) is 5.91 Å². The molecule has 4 heteroatoms. The molecule has 0 bridgehead atoms. The van der Waals surface area contributed by atoms with Gasteiger partial charge in [0.15, 0.2) is 6.10 Å². The first-order valence-corrected chi connectivity index (χ1v) is 4.60. The number of carbonyl (C=O) groups is 1. The van der Waals surface area contributed by atoms with Gasteiger partial charge in [-0.3, -0.25) is 9.63 Å². The maximum absolute atomic E-state index is 11.8. The lowest BCUT2D eigenvalue weighted by molar-refractivity contribution is -0.179. The van der Waals surface area contributed by atoms with Gasteiger partial charge in [0.05, 0.1) is 7.11 Å². The van der Waals surface area contributed by atoms with Crippen molar-refractivity contribution in [3.05, 3.63) is 35.9 Å². The van der Waals surface area contributed by atoms with Crippen molar-refractivity contribution in [1.82, 2.24) is 5.06 Å². The molecule has 0 aliphatic heterocycles. The number of rotatable bonds is 4. The van der Waals surface area contributed by atoms with Crippen LogP contribution in [-0.4, -0.2) is 32.2 Å². The van der Waals surface area contributed by atoms with Crippen molar-refractivity contribution >= 4 is 5.91 Å². The first-order valence-electron chi connectivity index (χ1n) is 4.60. The van der Waals surface area contributed by atoms with Gasteiger partial charge in [-0.1, -0.05) is 30.3 Å². The number of hydrogen-bond donors (Lipinski definition) is 0. The van der Waals surface area contributed by atoms with E-state index in [0.717, 1.165) is 10.6 Å². The lowest BCUT2D eigenvalue weighted by Gasteiger charge is -2.20. The first kappa shape index (κ1) is 11.7. The van der Waals surface area contributed by atoms with Crippen molar-refractivity contribution in [2.45, 2.75) is 6.10 Å². The highest BCUT2D eigenvalue weighted by atomic mass is 16.7. The summed E-state index contributed by atoms with van der Waals surface area (Å²) in [5.74, 6) is -0.230. The van der Waals surface area contributed by atoms with E-state index >= 15 is 0 Å². The fourth-order valence-electron chi connectivity index (χ4n) is 1.26. The van der Waals surface area contributed by atoms with E-state index in [0.29, 0.717) is 0 Å². The summed E-state index contributed by atoms with van der Waals surface area (Å²) in [6.07, 6.45) is -0.615. The molecule has 0 saturated carbocycles. The van der Waals surface area contributed by atoms with Crippen LogP contribution in [0.4, 0.5) is 0 Å². The van der Waals surface area contributed by atoms with Gasteiger partial charge in [0.25, 0.3) is 5.91 Å². The summed E-state index contributed by atoms with van der Waals surface area (Å²) in [7, 11) is 4.49. The van der Waals surface area contributed by atoms with Crippen LogP contribution in [0.1, 0.15) is 11.7 Å². The van der Waals surface area contributed by atoms with Crippen molar-refractivity contribution in [2.75, 3.05) is 21.3 Å². The third-order valence-corrected chi connectivity index (χ3v) is 2.15. The largest absolute Gasteiger partial charge is 0.367 e. The van der Waals surface area contributed by atoms with E-state index in [1.807, 2.05) is 30.3 Å². The summed E-state index contributed by atoms with van der Waals surface area (Å²) in [6.45, 7) is 0. The van der Waals surface area contributed by atoms with Gasteiger partial charge in [0.1, 0.15) is 0 Å². The minimum Gasteiger partial charge on any atom is -0.367 e. The molecule has 0 spiro atoms. The van der Waals surface area contributed by atoms with Crippen LogP contribution in [0.3, 0.4) is 0 Å². The monoisotopic (exact) mass is 209 g/mol. The Kier molecular flexibility index (Phi) is 4.27. The lowest BCUT2D eigenvalue weighted by Crippen LogP contribution is -2.31. The predicted octanol–water partition coefficient (Wildman–Crippen LogP) is 1.39. The zero-order valence-corrected chi connectivity index (χ0v) is 9.14. The number of hydrogen-bond acceptors (Lipinski definition) is 3. The van der Waals surface area contributed by atoms with E-state index in [1.165, 1.54) is 14.2 Å². The van der Waals surface area contributed by atoms with Gasteiger partial charge < -0.3 is 4.74 Å². The molecule has 82 valence electrons. The fraction of sp³-hybridized carbons (Fsp3) is 0.364. The van der Waals surface area contributed by atoms with Crippen LogP contribution in [0.25, 0.3) is 0 Å². The van der Waals surface area contributed by atoms with Gasteiger partial charge in [0.2, 0.25) is 0 Å². The number of methoxy groups -OCH3 is 1. The molecule has 0 saturated heterocycles. The number of ether oxygens (including phenoxy) is 1. The van der Waals surface area contributed by atoms with Gasteiger partial charge in [-0.05, 0) is 5.56 Å². The van der Waals surface area contributed by atoms with Crippen molar-refractivity contribution in [1.29, 1.82) is 0 Å². The number of hydroxylamine groups is 2. The molecule has 0 aliphatic rings. The standard InChI is InChI=1S/C11H15NO3/c1-12(15-3)11(13)10(14-2)9-7-5-4-6-8-9/h4-8,10H,1-3H3/t10-/m0/s1. The number of nitrogens with zero attached hydrogens (tertiary/aromatic N) is 1. The molecule has 15 heavy (non-hydrogen) atoms. The number of amides is 1. The Morgan fingerprint density at radius 3 is 2.33 bits per heavy atom. The van der Waals surface area contributed by atoms with Crippen LogP contribution < -0.4 is 0 Å². The zero-order valence-electron chi connectivity index (χ0n) is 9.14. The Labute approximate surface area is 89.4 Å². The van der Waals surface area contributed by atoms with Crippen LogP contribution in [0.5, 0.6) is 0 Å². The Morgan fingerprint density at radius 2 is 1.87 bits per heavy atom. The van der Waals surface area contributed by atoms with Gasteiger partial charge in [0, 0.05) is 14.2 Å². The van der Waals surface area contributed by atoms with Gasteiger partial charge in [-0.15, -0.1) is 0 Å². The second-order valence-corrected chi connectivity index (χ2v) is 3.04. The molecule has 1 atom stereocenters. The SMILES string of the molecule is CO[C@H](C(=O)N(C)OC)c1ccccc1. The molecule has 0 radical (unpaired) electrons. The van der Waals surface area contributed by atoms with E-state index in [4.69, 9.17) is 9.57 Å². The van der Waals surface area contributed by atoms with Gasteiger partial charge in [-0.25, -0.2) is 5.06 Å². The molecule has 1 rings (SSSR count). The van der Waals surface area contributed by atoms with Crippen LogP contribution in [-0.2, 0) is 14.4 Å². The molecule has 0 N–H and O–H groups in total. The molecular weight excluding hydrogens is 194 g/mol. The third kappa shape index (κ3) is 2.78. The van der Waals surface area contributed by atoms with Crippen LogP contribution in [0.2, 0.25) is 0 Å². The molecule has 0 fully saturated rings. The highest BCUT2D eigenvalue weighted by Crippen LogP contribution is 2.18. The molecule has 0 heterocycles. The summed E-state index contributed by atoms with van der Waals surface area (Å²) >= 11 is 0. The normalized spacial score (nSPS) is 12.2. The zero-order chi connectivity index (χ0) is 11.3.